The fourth-order valence-electron chi connectivity index (χ4n) is 2.97. The molecule has 3 rings (SSSR count). The summed E-state index contributed by atoms with van der Waals surface area (Å²) in [6.45, 7) is 0.447. The second kappa shape index (κ2) is 9.90. The van der Waals surface area contributed by atoms with Crippen LogP contribution < -0.4 is 10.1 Å². The zero-order valence-electron chi connectivity index (χ0n) is 15.7. The van der Waals surface area contributed by atoms with Crippen LogP contribution in [0.3, 0.4) is 0 Å². The molecule has 146 valence electrons. The molecule has 3 aromatic rings. The van der Waals surface area contributed by atoms with Gasteiger partial charge in [0.15, 0.2) is 0 Å². The number of fused-ring (bicyclic) bond motifs is 1. The fraction of sp³-hybridized carbons (Fsp3) is 0.273. The molecule has 1 unspecified atom stereocenters. The maximum absolute atomic E-state index is 12.3. The Labute approximate surface area is 168 Å². The number of hydrogen-bond acceptors (Lipinski definition) is 5. The van der Waals surface area contributed by atoms with Crippen LogP contribution in [0.5, 0.6) is 5.75 Å². The summed E-state index contributed by atoms with van der Waals surface area (Å²) >= 11 is 1.51. The van der Waals surface area contributed by atoms with E-state index in [1.54, 1.807) is 0 Å². The van der Waals surface area contributed by atoms with E-state index in [0.29, 0.717) is 19.4 Å². The molecule has 1 aromatic heterocycles. The van der Waals surface area contributed by atoms with Crippen LogP contribution in [0.25, 0.3) is 10.8 Å². The first-order chi connectivity index (χ1) is 13.7. The minimum Gasteiger partial charge on any atom is -0.493 e. The third-order valence-corrected chi connectivity index (χ3v) is 5.36. The van der Waals surface area contributed by atoms with E-state index in [9.17, 15) is 9.59 Å². The van der Waals surface area contributed by atoms with Gasteiger partial charge in [0.1, 0.15) is 5.75 Å². The topological polar surface area (TPSA) is 64.6 Å². The molecule has 2 aromatic carbocycles. The monoisotopic (exact) mass is 397 g/mol. The SMILES string of the molecule is COC(=O)CC(NC(=O)CCCOc1cccc2ccccc12)c1cccs1. The van der Waals surface area contributed by atoms with Crippen molar-refractivity contribution in [2.75, 3.05) is 13.7 Å². The highest BCUT2D eigenvalue weighted by molar-refractivity contribution is 7.10. The highest BCUT2D eigenvalue weighted by Crippen LogP contribution is 2.25. The molecule has 1 N–H and O–H groups in total. The Balaban J connectivity index is 1.50. The lowest BCUT2D eigenvalue weighted by atomic mass is 10.1. The van der Waals surface area contributed by atoms with Crippen molar-refractivity contribution in [3.8, 4) is 5.75 Å². The molecule has 1 amide bonds. The van der Waals surface area contributed by atoms with E-state index in [2.05, 4.69) is 5.32 Å². The van der Waals surface area contributed by atoms with E-state index in [1.165, 1.54) is 18.4 Å². The molecule has 5 nitrogen and oxygen atoms in total. The molecule has 0 aliphatic heterocycles. The van der Waals surface area contributed by atoms with Gasteiger partial charge in [-0.25, -0.2) is 0 Å². The van der Waals surface area contributed by atoms with Gasteiger partial charge >= 0.3 is 5.97 Å². The fourth-order valence-corrected chi connectivity index (χ4v) is 3.74. The van der Waals surface area contributed by atoms with Gasteiger partial charge < -0.3 is 14.8 Å². The summed E-state index contributed by atoms with van der Waals surface area (Å²) in [5, 5.41) is 7.03. The first kappa shape index (κ1) is 19.9. The second-order valence-electron chi connectivity index (χ2n) is 6.35. The number of carbonyl (C=O) groups is 2. The molecular weight excluding hydrogens is 374 g/mol. The largest absolute Gasteiger partial charge is 0.493 e. The number of benzene rings is 2. The molecule has 1 atom stereocenters. The number of nitrogens with one attached hydrogen (secondary N) is 1. The van der Waals surface area contributed by atoms with Crippen LogP contribution in [-0.2, 0) is 14.3 Å². The second-order valence-corrected chi connectivity index (χ2v) is 7.32. The molecule has 0 saturated carbocycles. The molecule has 6 heteroatoms. The Hall–Kier alpha value is -2.86. The van der Waals surface area contributed by atoms with Crippen molar-refractivity contribution in [1.82, 2.24) is 5.32 Å². The zero-order chi connectivity index (χ0) is 19.8. The molecule has 0 spiro atoms. The summed E-state index contributed by atoms with van der Waals surface area (Å²) in [7, 11) is 1.35. The number of carbonyl (C=O) groups excluding carboxylic acids is 2. The predicted molar refractivity (Wildman–Crippen MR) is 111 cm³/mol. The van der Waals surface area contributed by atoms with E-state index in [1.807, 2.05) is 60.0 Å². The van der Waals surface area contributed by atoms with Crippen LogP contribution in [0.1, 0.15) is 30.2 Å². The molecule has 0 bridgehead atoms. The molecular formula is C22H23NO4S. The molecule has 28 heavy (non-hydrogen) atoms. The van der Waals surface area contributed by atoms with Gasteiger partial charge in [0.05, 0.1) is 26.2 Å². The van der Waals surface area contributed by atoms with Crippen LogP contribution in [0.15, 0.2) is 60.0 Å². The van der Waals surface area contributed by atoms with Gasteiger partial charge in [-0.3, -0.25) is 9.59 Å². The molecule has 0 fully saturated rings. The number of amides is 1. The lowest BCUT2D eigenvalue weighted by molar-refractivity contribution is -0.141. The maximum atomic E-state index is 12.3. The third kappa shape index (κ3) is 5.33. The zero-order valence-corrected chi connectivity index (χ0v) is 16.5. The Bertz CT molecular complexity index is 918. The minimum atomic E-state index is -0.362. The number of thiophene rings is 1. The van der Waals surface area contributed by atoms with Gasteiger partial charge in [-0.15, -0.1) is 11.3 Å². The van der Waals surface area contributed by atoms with Crippen LogP contribution in [0.2, 0.25) is 0 Å². The van der Waals surface area contributed by atoms with Crippen molar-refractivity contribution in [1.29, 1.82) is 0 Å². The first-order valence-electron chi connectivity index (χ1n) is 9.17. The number of ether oxygens (including phenoxy) is 2. The van der Waals surface area contributed by atoms with Gasteiger partial charge in [0, 0.05) is 16.7 Å². The Kier molecular flexibility index (Phi) is 7.03. The highest BCUT2D eigenvalue weighted by Gasteiger charge is 2.19. The quantitative estimate of drug-likeness (QED) is 0.427. The van der Waals surface area contributed by atoms with Gasteiger partial charge in [-0.2, -0.15) is 0 Å². The van der Waals surface area contributed by atoms with Gasteiger partial charge in [0.25, 0.3) is 0 Å². The Morgan fingerprint density at radius 2 is 1.89 bits per heavy atom. The van der Waals surface area contributed by atoms with Crippen molar-refractivity contribution in [3.63, 3.8) is 0 Å². The Morgan fingerprint density at radius 1 is 1.07 bits per heavy atom. The number of esters is 1. The van der Waals surface area contributed by atoms with Crippen molar-refractivity contribution >= 4 is 34.0 Å². The molecule has 0 aliphatic carbocycles. The van der Waals surface area contributed by atoms with Gasteiger partial charge in [-0.1, -0.05) is 42.5 Å². The van der Waals surface area contributed by atoms with Crippen LogP contribution in [0.4, 0.5) is 0 Å². The predicted octanol–water partition coefficient (Wildman–Crippen LogP) is 4.48. The van der Waals surface area contributed by atoms with Gasteiger partial charge in [0.2, 0.25) is 5.91 Å². The van der Waals surface area contributed by atoms with Crippen LogP contribution >= 0.6 is 11.3 Å². The smallest absolute Gasteiger partial charge is 0.307 e. The van der Waals surface area contributed by atoms with E-state index < -0.39 is 0 Å². The number of methoxy groups -OCH3 is 1. The van der Waals surface area contributed by atoms with E-state index >= 15 is 0 Å². The molecule has 0 saturated heterocycles. The summed E-state index contributed by atoms with van der Waals surface area (Å²) in [6.07, 6.45) is 1.04. The lowest BCUT2D eigenvalue weighted by Crippen LogP contribution is -2.30. The maximum Gasteiger partial charge on any atom is 0.307 e. The van der Waals surface area contributed by atoms with Crippen LogP contribution in [-0.4, -0.2) is 25.6 Å². The molecule has 1 heterocycles. The first-order valence-corrected chi connectivity index (χ1v) is 10.1. The average Bonchev–Trinajstić information content (AvgIpc) is 3.25. The number of hydrogen-bond donors (Lipinski definition) is 1. The lowest BCUT2D eigenvalue weighted by Gasteiger charge is -2.16. The summed E-state index contributed by atoms with van der Waals surface area (Å²) in [5.74, 6) is 0.363. The Morgan fingerprint density at radius 3 is 2.68 bits per heavy atom. The summed E-state index contributed by atoms with van der Waals surface area (Å²) in [5.41, 5.74) is 0. The van der Waals surface area contributed by atoms with E-state index in [4.69, 9.17) is 9.47 Å². The minimum absolute atomic E-state index is 0.108. The van der Waals surface area contributed by atoms with Gasteiger partial charge in [-0.05, 0) is 29.3 Å². The van der Waals surface area contributed by atoms with Crippen molar-refractivity contribution in [2.45, 2.75) is 25.3 Å². The standard InChI is InChI=1S/C22H23NO4S/c1-26-22(25)15-18(20-11-6-14-28-20)23-21(24)12-5-13-27-19-10-4-8-16-7-2-3-9-17(16)19/h2-4,6-11,14,18H,5,12-13,15H2,1H3,(H,23,24). The van der Waals surface area contributed by atoms with Crippen LogP contribution in [0, 0.1) is 0 Å². The molecule has 0 aliphatic rings. The number of rotatable bonds is 9. The van der Waals surface area contributed by atoms with Crippen molar-refractivity contribution < 1.29 is 19.1 Å². The van der Waals surface area contributed by atoms with E-state index in [0.717, 1.165) is 21.4 Å². The average molecular weight is 397 g/mol. The molecule has 0 radical (unpaired) electrons. The summed E-state index contributed by atoms with van der Waals surface area (Å²) < 4.78 is 10.6. The van der Waals surface area contributed by atoms with E-state index in [-0.39, 0.29) is 24.3 Å². The van der Waals surface area contributed by atoms with Crippen molar-refractivity contribution in [3.05, 3.63) is 64.9 Å². The normalized spacial score (nSPS) is 11.8. The highest BCUT2D eigenvalue weighted by atomic mass is 32.1. The third-order valence-electron chi connectivity index (χ3n) is 4.38. The summed E-state index contributed by atoms with van der Waals surface area (Å²) in [4.78, 5) is 24.9. The summed E-state index contributed by atoms with van der Waals surface area (Å²) in [6, 6.07) is 17.4. The van der Waals surface area contributed by atoms with Crippen molar-refractivity contribution in [2.24, 2.45) is 0 Å².